The predicted molar refractivity (Wildman–Crippen MR) is 95.1 cm³/mol. The van der Waals surface area contributed by atoms with Crippen molar-refractivity contribution in [1.29, 1.82) is 0 Å². The minimum absolute atomic E-state index is 0.101. The first kappa shape index (κ1) is 18.3. The summed E-state index contributed by atoms with van der Waals surface area (Å²) in [7, 11) is -4.15. The molecule has 0 N–H and O–H groups in total. The topological polar surface area (TPSA) is 97.6 Å². The Kier molecular flexibility index (Phi) is 4.97. The van der Waals surface area contributed by atoms with Gasteiger partial charge in [0.15, 0.2) is 0 Å². The number of hydrogen-bond acceptors (Lipinski definition) is 5. The zero-order valence-corrected chi connectivity index (χ0v) is 15.2. The van der Waals surface area contributed by atoms with Gasteiger partial charge < -0.3 is 4.90 Å². The van der Waals surface area contributed by atoms with Crippen molar-refractivity contribution in [2.24, 2.45) is 0 Å². The molecule has 0 radical (unpaired) electrons. The minimum Gasteiger partial charge on any atom is -0.339 e. The van der Waals surface area contributed by atoms with E-state index in [0.717, 1.165) is 25.0 Å². The third-order valence-corrected chi connectivity index (χ3v) is 6.23. The van der Waals surface area contributed by atoms with Crippen molar-refractivity contribution in [3.63, 3.8) is 0 Å². The second-order valence-electron chi connectivity index (χ2n) is 5.90. The Balaban J connectivity index is 2.07. The number of rotatable bonds is 4. The summed E-state index contributed by atoms with van der Waals surface area (Å²) in [6.07, 6.45) is 1.77. The second-order valence-corrected chi connectivity index (χ2v) is 8.25. The summed E-state index contributed by atoms with van der Waals surface area (Å²) in [4.78, 5) is 24.1. The van der Waals surface area contributed by atoms with Crippen LogP contribution in [0.25, 0.3) is 0 Å². The molecule has 1 fully saturated rings. The molecule has 0 aliphatic carbocycles. The maximum Gasteiger partial charge on any atom is 0.289 e. The molecule has 2 aromatic carbocycles. The molecule has 0 spiro atoms. The molecule has 1 heterocycles. The molecule has 1 aliphatic heterocycles. The molecule has 0 bridgehead atoms. The molecule has 26 heavy (non-hydrogen) atoms. The van der Waals surface area contributed by atoms with Crippen LogP contribution < -0.4 is 0 Å². The van der Waals surface area contributed by atoms with E-state index in [4.69, 9.17) is 11.6 Å². The first-order valence-electron chi connectivity index (χ1n) is 7.89. The summed E-state index contributed by atoms with van der Waals surface area (Å²) in [6.45, 7) is 1.18. The summed E-state index contributed by atoms with van der Waals surface area (Å²) in [6, 6.07) is 8.94. The van der Waals surface area contributed by atoms with E-state index in [9.17, 15) is 23.3 Å². The lowest BCUT2D eigenvalue weighted by molar-refractivity contribution is -0.387. The van der Waals surface area contributed by atoms with Crippen molar-refractivity contribution in [3.05, 3.63) is 63.2 Å². The highest BCUT2D eigenvalue weighted by atomic mass is 35.5. The molecule has 1 saturated heterocycles. The van der Waals surface area contributed by atoms with Crippen LogP contribution in [0.1, 0.15) is 23.2 Å². The summed E-state index contributed by atoms with van der Waals surface area (Å²) in [5, 5.41) is 11.7. The Morgan fingerprint density at radius 3 is 2.42 bits per heavy atom. The number of benzene rings is 2. The van der Waals surface area contributed by atoms with Gasteiger partial charge in [0.05, 0.1) is 9.82 Å². The molecule has 9 heteroatoms. The summed E-state index contributed by atoms with van der Waals surface area (Å²) >= 11 is 5.83. The smallest absolute Gasteiger partial charge is 0.289 e. The van der Waals surface area contributed by atoms with Gasteiger partial charge in [-0.15, -0.1) is 0 Å². The molecule has 136 valence electrons. The second kappa shape index (κ2) is 7.05. The van der Waals surface area contributed by atoms with Crippen LogP contribution in [-0.2, 0) is 9.84 Å². The van der Waals surface area contributed by atoms with Gasteiger partial charge in [0.1, 0.15) is 4.90 Å². The van der Waals surface area contributed by atoms with Crippen LogP contribution in [0.3, 0.4) is 0 Å². The van der Waals surface area contributed by atoms with Crippen LogP contribution >= 0.6 is 11.6 Å². The molecule has 7 nitrogen and oxygen atoms in total. The molecule has 0 unspecified atom stereocenters. The Morgan fingerprint density at radius 1 is 1.12 bits per heavy atom. The van der Waals surface area contributed by atoms with Gasteiger partial charge in [0.2, 0.25) is 9.84 Å². The van der Waals surface area contributed by atoms with E-state index < -0.39 is 25.3 Å². The molecular formula is C17H15ClN2O5S. The van der Waals surface area contributed by atoms with Gasteiger partial charge in [-0.05, 0) is 43.2 Å². The van der Waals surface area contributed by atoms with Crippen LogP contribution in [0.15, 0.2) is 52.3 Å². The number of sulfone groups is 1. The largest absolute Gasteiger partial charge is 0.339 e. The Bertz CT molecular complexity index is 984. The maximum atomic E-state index is 12.8. The van der Waals surface area contributed by atoms with E-state index in [0.29, 0.717) is 13.1 Å². The minimum atomic E-state index is -4.15. The van der Waals surface area contributed by atoms with E-state index in [1.54, 1.807) is 4.90 Å². The highest BCUT2D eigenvalue weighted by Gasteiger charge is 2.30. The fraction of sp³-hybridized carbons (Fsp3) is 0.235. The Labute approximate surface area is 155 Å². The van der Waals surface area contributed by atoms with Gasteiger partial charge in [0.25, 0.3) is 11.6 Å². The summed E-state index contributed by atoms with van der Waals surface area (Å²) in [5.41, 5.74) is -0.529. The number of nitrogens with zero attached hydrogens (tertiary/aromatic N) is 2. The monoisotopic (exact) mass is 394 g/mol. The van der Waals surface area contributed by atoms with Crippen LogP contribution in [0.2, 0.25) is 5.02 Å². The zero-order valence-electron chi connectivity index (χ0n) is 13.6. The highest BCUT2D eigenvalue weighted by molar-refractivity contribution is 7.91. The number of nitro groups is 1. The molecule has 1 amide bonds. The van der Waals surface area contributed by atoms with Crippen molar-refractivity contribution in [2.75, 3.05) is 13.1 Å². The normalized spacial score (nSPS) is 14.4. The highest BCUT2D eigenvalue weighted by Crippen LogP contribution is 2.31. The lowest BCUT2D eigenvalue weighted by atomic mass is 10.2. The van der Waals surface area contributed by atoms with Crippen LogP contribution in [0.4, 0.5) is 5.69 Å². The first-order chi connectivity index (χ1) is 12.3. The lowest BCUT2D eigenvalue weighted by Crippen LogP contribution is -2.27. The van der Waals surface area contributed by atoms with Gasteiger partial charge in [-0.1, -0.05) is 17.7 Å². The standard InChI is InChI=1S/C17H15ClN2O5S/c18-13-4-3-5-14(11-13)26(24,25)16-7-6-12(10-15(16)20(22)23)17(21)19-8-1-2-9-19/h3-7,10-11H,1-2,8-9H2. The fourth-order valence-corrected chi connectivity index (χ4v) is 4.59. The van der Waals surface area contributed by atoms with E-state index in [-0.39, 0.29) is 21.4 Å². The third-order valence-electron chi connectivity index (χ3n) is 4.19. The maximum absolute atomic E-state index is 12.8. The molecule has 3 rings (SSSR count). The molecular weight excluding hydrogens is 380 g/mol. The van der Waals surface area contributed by atoms with Crippen LogP contribution in [-0.4, -0.2) is 37.2 Å². The molecule has 0 saturated carbocycles. The molecule has 0 atom stereocenters. The van der Waals surface area contributed by atoms with Gasteiger partial charge >= 0.3 is 0 Å². The first-order valence-corrected chi connectivity index (χ1v) is 9.75. The number of likely N-dealkylation sites (tertiary alicyclic amines) is 1. The number of halogens is 1. The molecule has 2 aromatic rings. The van der Waals surface area contributed by atoms with Crippen molar-refractivity contribution in [3.8, 4) is 0 Å². The Hall–Kier alpha value is -2.45. The Morgan fingerprint density at radius 2 is 1.81 bits per heavy atom. The number of nitro benzene ring substituents is 1. The SMILES string of the molecule is O=C(c1ccc(S(=O)(=O)c2cccc(Cl)c2)c([N+](=O)[O-])c1)N1CCCC1. The van der Waals surface area contributed by atoms with Gasteiger partial charge in [-0.3, -0.25) is 14.9 Å². The van der Waals surface area contributed by atoms with Gasteiger partial charge in [-0.2, -0.15) is 0 Å². The van der Waals surface area contributed by atoms with E-state index in [1.165, 1.54) is 30.3 Å². The van der Waals surface area contributed by atoms with Crippen molar-refractivity contribution in [1.82, 2.24) is 4.90 Å². The van der Waals surface area contributed by atoms with Crippen molar-refractivity contribution >= 4 is 33.0 Å². The van der Waals surface area contributed by atoms with Gasteiger partial charge in [-0.25, -0.2) is 8.42 Å². The van der Waals surface area contributed by atoms with Crippen molar-refractivity contribution < 1.29 is 18.1 Å². The molecule has 1 aliphatic rings. The average molecular weight is 395 g/mol. The predicted octanol–water partition coefficient (Wildman–Crippen LogP) is 3.32. The van der Waals surface area contributed by atoms with E-state index in [1.807, 2.05) is 0 Å². The van der Waals surface area contributed by atoms with Crippen molar-refractivity contribution in [2.45, 2.75) is 22.6 Å². The number of carbonyl (C=O) groups is 1. The average Bonchev–Trinajstić information content (AvgIpc) is 3.15. The third kappa shape index (κ3) is 3.42. The summed E-state index contributed by atoms with van der Waals surface area (Å²) < 4.78 is 25.6. The van der Waals surface area contributed by atoms with E-state index >= 15 is 0 Å². The fourth-order valence-electron chi connectivity index (χ4n) is 2.88. The van der Waals surface area contributed by atoms with Crippen LogP contribution in [0, 0.1) is 10.1 Å². The quantitative estimate of drug-likeness (QED) is 0.585. The number of amides is 1. The molecule has 0 aromatic heterocycles. The lowest BCUT2D eigenvalue weighted by Gasteiger charge is -2.15. The van der Waals surface area contributed by atoms with Gasteiger partial charge in [0, 0.05) is 29.7 Å². The number of carbonyl (C=O) groups excluding carboxylic acids is 1. The number of hydrogen-bond donors (Lipinski definition) is 0. The summed E-state index contributed by atoms with van der Waals surface area (Å²) in [5.74, 6) is -0.336. The van der Waals surface area contributed by atoms with E-state index in [2.05, 4.69) is 0 Å². The zero-order chi connectivity index (χ0) is 18.9. The van der Waals surface area contributed by atoms with Crippen LogP contribution in [0.5, 0.6) is 0 Å².